The lowest BCUT2D eigenvalue weighted by Gasteiger charge is -2.15. The van der Waals surface area contributed by atoms with Crippen molar-refractivity contribution in [2.45, 2.75) is 39.5 Å². The van der Waals surface area contributed by atoms with Gasteiger partial charge in [-0.2, -0.15) is 5.10 Å². The number of benzene rings is 1. The number of fused-ring (bicyclic) bond motifs is 1. The molecule has 0 aliphatic heterocycles. The number of carbonyl (C=O) groups is 1. The Morgan fingerprint density at radius 2 is 2.00 bits per heavy atom. The molecule has 1 aromatic heterocycles. The van der Waals surface area contributed by atoms with Gasteiger partial charge in [-0.3, -0.25) is 0 Å². The minimum Gasteiger partial charge on any atom is -0.476 e. The first-order chi connectivity index (χ1) is 9.58. The number of aromatic nitrogens is 2. The third-order valence-electron chi connectivity index (χ3n) is 3.98. The number of carboxylic acid groups (broad SMARTS) is 1. The molecule has 0 bridgehead atoms. The van der Waals surface area contributed by atoms with Crippen molar-refractivity contribution >= 4 is 5.97 Å². The van der Waals surface area contributed by atoms with Gasteiger partial charge >= 0.3 is 5.97 Å². The lowest BCUT2D eigenvalue weighted by Crippen LogP contribution is -2.09. The fourth-order valence-corrected chi connectivity index (χ4v) is 2.92. The summed E-state index contributed by atoms with van der Waals surface area (Å²) >= 11 is 0. The van der Waals surface area contributed by atoms with Gasteiger partial charge in [0.05, 0.1) is 5.69 Å². The Bertz CT molecular complexity index is 686. The molecule has 0 spiro atoms. The molecule has 1 aliphatic rings. The van der Waals surface area contributed by atoms with E-state index in [2.05, 4.69) is 23.3 Å². The van der Waals surface area contributed by atoms with E-state index in [0.29, 0.717) is 0 Å². The van der Waals surface area contributed by atoms with Gasteiger partial charge in [-0.05, 0) is 56.7 Å². The number of hydrogen-bond acceptors (Lipinski definition) is 2. The fourth-order valence-electron chi connectivity index (χ4n) is 2.92. The molecule has 4 heteroatoms. The third-order valence-corrected chi connectivity index (χ3v) is 3.98. The van der Waals surface area contributed by atoms with Crippen molar-refractivity contribution in [3.05, 3.63) is 46.3 Å². The molecular formula is C16H18N2O2. The van der Waals surface area contributed by atoms with Gasteiger partial charge in [0.25, 0.3) is 0 Å². The Balaban J connectivity index is 2.23. The van der Waals surface area contributed by atoms with E-state index in [-0.39, 0.29) is 5.69 Å². The highest BCUT2D eigenvalue weighted by molar-refractivity contribution is 5.87. The second-order valence-corrected chi connectivity index (χ2v) is 5.49. The van der Waals surface area contributed by atoms with Crippen LogP contribution in [0.4, 0.5) is 0 Å². The van der Waals surface area contributed by atoms with Crippen molar-refractivity contribution in [3.63, 3.8) is 0 Å². The second-order valence-electron chi connectivity index (χ2n) is 5.49. The highest BCUT2D eigenvalue weighted by Crippen LogP contribution is 2.28. The SMILES string of the molecule is Cc1ccc(C)c(-n2nc(C(=O)O)c3c2CCCC3)c1. The number of rotatable bonds is 2. The van der Waals surface area contributed by atoms with Gasteiger partial charge in [0.1, 0.15) is 0 Å². The number of aromatic carboxylic acids is 1. The molecule has 1 N–H and O–H groups in total. The van der Waals surface area contributed by atoms with E-state index in [1.807, 2.05) is 18.5 Å². The summed E-state index contributed by atoms with van der Waals surface area (Å²) in [7, 11) is 0. The monoisotopic (exact) mass is 270 g/mol. The molecular weight excluding hydrogens is 252 g/mol. The van der Waals surface area contributed by atoms with Gasteiger partial charge in [0, 0.05) is 11.3 Å². The number of nitrogens with zero attached hydrogens (tertiary/aromatic N) is 2. The molecule has 1 aromatic carbocycles. The minimum atomic E-state index is -0.924. The molecule has 1 aliphatic carbocycles. The van der Waals surface area contributed by atoms with E-state index in [9.17, 15) is 9.90 Å². The van der Waals surface area contributed by atoms with Gasteiger partial charge in [-0.15, -0.1) is 0 Å². The highest BCUT2D eigenvalue weighted by atomic mass is 16.4. The van der Waals surface area contributed by atoms with Gasteiger partial charge in [-0.25, -0.2) is 9.48 Å². The smallest absolute Gasteiger partial charge is 0.356 e. The standard InChI is InChI=1S/C16H18N2O2/c1-10-7-8-11(2)14(9-10)18-13-6-4-3-5-12(13)15(17-18)16(19)20/h7-9H,3-6H2,1-2H3,(H,19,20). The summed E-state index contributed by atoms with van der Waals surface area (Å²) in [6, 6.07) is 6.19. The van der Waals surface area contributed by atoms with Gasteiger partial charge in [0.15, 0.2) is 5.69 Å². The average molecular weight is 270 g/mol. The zero-order valence-corrected chi connectivity index (χ0v) is 11.8. The quantitative estimate of drug-likeness (QED) is 0.912. The predicted molar refractivity (Wildman–Crippen MR) is 76.6 cm³/mol. The highest BCUT2D eigenvalue weighted by Gasteiger charge is 2.25. The Labute approximate surface area is 118 Å². The van der Waals surface area contributed by atoms with Crippen molar-refractivity contribution in [2.24, 2.45) is 0 Å². The number of hydrogen-bond donors (Lipinski definition) is 1. The molecule has 0 saturated heterocycles. The molecule has 0 fully saturated rings. The van der Waals surface area contributed by atoms with E-state index in [1.165, 1.54) is 0 Å². The van der Waals surface area contributed by atoms with Crippen LogP contribution in [0.3, 0.4) is 0 Å². The van der Waals surface area contributed by atoms with E-state index < -0.39 is 5.97 Å². The summed E-state index contributed by atoms with van der Waals surface area (Å²) in [6.07, 6.45) is 3.87. The largest absolute Gasteiger partial charge is 0.476 e. The topological polar surface area (TPSA) is 55.1 Å². The molecule has 0 radical (unpaired) electrons. The average Bonchev–Trinajstić information content (AvgIpc) is 2.81. The third kappa shape index (κ3) is 2.01. The van der Waals surface area contributed by atoms with E-state index in [1.54, 1.807) is 0 Å². The predicted octanol–water partition coefficient (Wildman–Crippen LogP) is 3.07. The van der Waals surface area contributed by atoms with Gasteiger partial charge in [-0.1, -0.05) is 12.1 Å². The molecule has 4 nitrogen and oxygen atoms in total. The molecule has 20 heavy (non-hydrogen) atoms. The first kappa shape index (κ1) is 12.9. The normalized spacial score (nSPS) is 14.1. The Kier molecular flexibility index (Phi) is 3.08. The number of carboxylic acids is 1. The van der Waals surface area contributed by atoms with Crippen molar-refractivity contribution in [1.82, 2.24) is 9.78 Å². The zero-order valence-electron chi connectivity index (χ0n) is 11.8. The van der Waals surface area contributed by atoms with Crippen LogP contribution in [0, 0.1) is 13.8 Å². The van der Waals surface area contributed by atoms with Gasteiger partial charge in [0.2, 0.25) is 0 Å². The van der Waals surface area contributed by atoms with Crippen LogP contribution >= 0.6 is 0 Å². The molecule has 0 saturated carbocycles. The summed E-state index contributed by atoms with van der Waals surface area (Å²) < 4.78 is 1.85. The molecule has 0 atom stereocenters. The van der Waals surface area contributed by atoms with Crippen molar-refractivity contribution in [3.8, 4) is 5.69 Å². The summed E-state index contributed by atoms with van der Waals surface area (Å²) in [4.78, 5) is 11.4. The van der Waals surface area contributed by atoms with Crippen LogP contribution < -0.4 is 0 Å². The zero-order chi connectivity index (χ0) is 14.3. The lowest BCUT2D eigenvalue weighted by atomic mass is 9.95. The summed E-state index contributed by atoms with van der Waals surface area (Å²) in [6.45, 7) is 4.07. The van der Waals surface area contributed by atoms with Crippen molar-refractivity contribution in [2.75, 3.05) is 0 Å². The van der Waals surface area contributed by atoms with Crippen LogP contribution in [0.2, 0.25) is 0 Å². The van der Waals surface area contributed by atoms with Crippen LogP contribution in [-0.4, -0.2) is 20.9 Å². The Hall–Kier alpha value is -2.10. The van der Waals surface area contributed by atoms with Crippen LogP contribution in [-0.2, 0) is 12.8 Å². The summed E-state index contributed by atoms with van der Waals surface area (Å²) in [5.41, 5.74) is 5.48. The minimum absolute atomic E-state index is 0.223. The Morgan fingerprint density at radius 1 is 1.25 bits per heavy atom. The maximum absolute atomic E-state index is 11.4. The van der Waals surface area contributed by atoms with E-state index in [4.69, 9.17) is 0 Å². The molecule has 3 rings (SSSR count). The first-order valence-corrected chi connectivity index (χ1v) is 6.99. The maximum atomic E-state index is 11.4. The number of aryl methyl sites for hydroxylation is 2. The summed E-state index contributed by atoms with van der Waals surface area (Å²) in [5.74, 6) is -0.924. The van der Waals surface area contributed by atoms with Gasteiger partial charge < -0.3 is 5.11 Å². The lowest BCUT2D eigenvalue weighted by molar-refractivity contribution is 0.0688. The Morgan fingerprint density at radius 3 is 2.75 bits per heavy atom. The molecule has 104 valence electrons. The first-order valence-electron chi connectivity index (χ1n) is 6.99. The van der Waals surface area contributed by atoms with E-state index in [0.717, 1.165) is 53.8 Å². The summed E-state index contributed by atoms with van der Waals surface area (Å²) in [5, 5.41) is 13.7. The molecule has 1 heterocycles. The van der Waals surface area contributed by atoms with E-state index >= 15 is 0 Å². The van der Waals surface area contributed by atoms with Crippen molar-refractivity contribution in [1.29, 1.82) is 0 Å². The molecule has 0 unspecified atom stereocenters. The van der Waals surface area contributed by atoms with Crippen LogP contribution in [0.25, 0.3) is 5.69 Å². The molecule has 0 amide bonds. The molecule has 2 aromatic rings. The van der Waals surface area contributed by atoms with Crippen LogP contribution in [0.15, 0.2) is 18.2 Å². The van der Waals surface area contributed by atoms with Crippen LogP contribution in [0.5, 0.6) is 0 Å². The van der Waals surface area contributed by atoms with Crippen molar-refractivity contribution < 1.29 is 9.90 Å². The van der Waals surface area contributed by atoms with Crippen LogP contribution in [0.1, 0.15) is 45.7 Å². The second kappa shape index (κ2) is 4.78. The fraction of sp³-hybridized carbons (Fsp3) is 0.375. The maximum Gasteiger partial charge on any atom is 0.356 e.